The van der Waals surface area contributed by atoms with Crippen molar-refractivity contribution in [2.45, 2.75) is 6.92 Å². The van der Waals surface area contributed by atoms with E-state index in [0.717, 1.165) is 22.5 Å². The van der Waals surface area contributed by atoms with Crippen LogP contribution in [-0.4, -0.2) is 9.97 Å². The van der Waals surface area contributed by atoms with E-state index in [1.54, 1.807) is 12.4 Å². The van der Waals surface area contributed by atoms with E-state index in [9.17, 15) is 0 Å². The van der Waals surface area contributed by atoms with Crippen molar-refractivity contribution in [1.29, 1.82) is 0 Å². The third kappa shape index (κ3) is 2.10. The lowest BCUT2D eigenvalue weighted by molar-refractivity contribution is 1.17. The molecule has 0 atom stereocenters. The highest BCUT2D eigenvalue weighted by Crippen LogP contribution is 2.17. The zero-order valence-corrected chi connectivity index (χ0v) is 8.64. The highest BCUT2D eigenvalue weighted by molar-refractivity contribution is 5.63. The highest BCUT2D eigenvalue weighted by Gasteiger charge is 2.01. The van der Waals surface area contributed by atoms with Gasteiger partial charge in [0.2, 0.25) is 0 Å². The first kappa shape index (κ1) is 9.59. The van der Waals surface area contributed by atoms with Gasteiger partial charge in [0.25, 0.3) is 0 Å². The van der Waals surface area contributed by atoms with Crippen LogP contribution in [0.1, 0.15) is 12.6 Å². The van der Waals surface area contributed by atoms with Crippen LogP contribution in [0.3, 0.4) is 0 Å². The van der Waals surface area contributed by atoms with E-state index < -0.39 is 0 Å². The molecule has 0 radical (unpaired) electrons. The fourth-order valence-electron chi connectivity index (χ4n) is 1.32. The summed E-state index contributed by atoms with van der Waals surface area (Å²) in [4.78, 5) is 8.64. The molecule has 0 spiro atoms. The zero-order valence-electron chi connectivity index (χ0n) is 8.64. The second-order valence-electron chi connectivity index (χ2n) is 3.44. The van der Waals surface area contributed by atoms with Crippen molar-refractivity contribution in [3.63, 3.8) is 0 Å². The monoisotopic (exact) mass is 196 g/mol. The summed E-state index contributed by atoms with van der Waals surface area (Å²) < 4.78 is 0. The molecule has 1 aromatic heterocycles. The Bertz CT molecular complexity index is 475. The van der Waals surface area contributed by atoms with E-state index in [0.29, 0.717) is 0 Å². The van der Waals surface area contributed by atoms with E-state index in [-0.39, 0.29) is 0 Å². The van der Waals surface area contributed by atoms with E-state index in [4.69, 9.17) is 0 Å². The van der Waals surface area contributed by atoms with E-state index in [1.165, 1.54) is 0 Å². The van der Waals surface area contributed by atoms with Crippen LogP contribution in [-0.2, 0) is 0 Å². The molecule has 0 aliphatic carbocycles. The van der Waals surface area contributed by atoms with Gasteiger partial charge in [-0.15, -0.1) is 0 Å². The fourth-order valence-corrected chi connectivity index (χ4v) is 1.32. The van der Waals surface area contributed by atoms with Crippen LogP contribution >= 0.6 is 0 Å². The summed E-state index contributed by atoms with van der Waals surface area (Å²) in [7, 11) is 0. The van der Waals surface area contributed by atoms with Crippen LogP contribution in [0.15, 0.2) is 49.3 Å². The van der Waals surface area contributed by atoms with Gasteiger partial charge in [0.05, 0.1) is 23.8 Å². The summed E-state index contributed by atoms with van der Waals surface area (Å²) in [5.74, 6) is 0. The summed E-state index contributed by atoms with van der Waals surface area (Å²) in [5, 5.41) is 0. The molecule has 2 aromatic rings. The lowest BCUT2D eigenvalue weighted by atomic mass is 10.1. The molecule has 0 saturated carbocycles. The van der Waals surface area contributed by atoms with Crippen LogP contribution < -0.4 is 0 Å². The molecule has 2 heteroatoms. The molecule has 0 N–H and O–H groups in total. The van der Waals surface area contributed by atoms with E-state index >= 15 is 0 Å². The van der Waals surface area contributed by atoms with Crippen molar-refractivity contribution in [3.05, 3.63) is 55.0 Å². The van der Waals surface area contributed by atoms with Crippen molar-refractivity contribution in [2.75, 3.05) is 0 Å². The number of aromatic nitrogens is 2. The molecule has 0 aliphatic heterocycles. The Labute approximate surface area is 89.3 Å². The van der Waals surface area contributed by atoms with E-state index in [2.05, 4.69) is 16.5 Å². The predicted molar refractivity (Wildman–Crippen MR) is 62.2 cm³/mol. The normalized spacial score (nSPS) is 9.93. The summed E-state index contributed by atoms with van der Waals surface area (Å²) in [6.45, 7) is 5.79. The van der Waals surface area contributed by atoms with Gasteiger partial charge in [0, 0.05) is 5.56 Å². The summed E-state index contributed by atoms with van der Waals surface area (Å²) in [6, 6.07) is 10.0. The standard InChI is InChI=1S/C13H12N2/c1-10(2)12-8-14-9-13(15-12)11-6-4-3-5-7-11/h3-9H,1H2,2H3. The quantitative estimate of drug-likeness (QED) is 0.737. The second-order valence-corrected chi connectivity index (χ2v) is 3.44. The number of hydrogen-bond acceptors (Lipinski definition) is 2. The molecule has 0 fully saturated rings. The minimum atomic E-state index is 0.844. The van der Waals surface area contributed by atoms with Crippen LogP contribution in [0.4, 0.5) is 0 Å². The van der Waals surface area contributed by atoms with Crippen LogP contribution in [0, 0.1) is 0 Å². The molecule has 15 heavy (non-hydrogen) atoms. The third-order valence-electron chi connectivity index (χ3n) is 2.14. The first-order valence-electron chi connectivity index (χ1n) is 4.81. The largest absolute Gasteiger partial charge is 0.260 e. The molecule has 1 heterocycles. The molecular formula is C13H12N2. The third-order valence-corrected chi connectivity index (χ3v) is 2.14. The summed E-state index contributed by atoms with van der Waals surface area (Å²) in [6.07, 6.45) is 3.50. The van der Waals surface area contributed by atoms with Gasteiger partial charge < -0.3 is 0 Å². The first-order chi connectivity index (χ1) is 7.27. The molecule has 0 amide bonds. The molecule has 0 saturated heterocycles. The maximum atomic E-state index is 4.48. The smallest absolute Gasteiger partial charge is 0.0892 e. The van der Waals surface area contributed by atoms with Crippen LogP contribution in [0.5, 0.6) is 0 Å². The Balaban J connectivity index is 2.46. The Morgan fingerprint density at radius 1 is 1.13 bits per heavy atom. The number of allylic oxidation sites excluding steroid dienone is 1. The van der Waals surface area contributed by atoms with Crippen molar-refractivity contribution in [2.24, 2.45) is 0 Å². The van der Waals surface area contributed by atoms with Crippen molar-refractivity contribution >= 4 is 5.57 Å². The summed E-state index contributed by atoms with van der Waals surface area (Å²) >= 11 is 0. The average molecular weight is 196 g/mol. The van der Waals surface area contributed by atoms with Gasteiger partial charge in [-0.2, -0.15) is 0 Å². The zero-order chi connectivity index (χ0) is 10.7. The Kier molecular flexibility index (Phi) is 2.59. The maximum Gasteiger partial charge on any atom is 0.0892 e. The van der Waals surface area contributed by atoms with Crippen LogP contribution in [0.25, 0.3) is 16.8 Å². The average Bonchev–Trinajstić information content (AvgIpc) is 2.30. The Morgan fingerprint density at radius 3 is 2.53 bits per heavy atom. The molecule has 0 aliphatic rings. The van der Waals surface area contributed by atoms with Gasteiger partial charge in [-0.1, -0.05) is 36.9 Å². The molecule has 0 unspecified atom stereocenters. The van der Waals surface area contributed by atoms with Crippen molar-refractivity contribution < 1.29 is 0 Å². The topological polar surface area (TPSA) is 25.8 Å². The minimum absolute atomic E-state index is 0.844. The molecule has 2 nitrogen and oxygen atoms in total. The van der Waals surface area contributed by atoms with Gasteiger partial charge in [-0.05, 0) is 12.5 Å². The molecular weight excluding hydrogens is 184 g/mol. The Hall–Kier alpha value is -1.96. The highest BCUT2D eigenvalue weighted by atomic mass is 14.8. The number of nitrogens with zero attached hydrogens (tertiary/aromatic N) is 2. The van der Waals surface area contributed by atoms with Crippen LogP contribution in [0.2, 0.25) is 0 Å². The lowest BCUT2D eigenvalue weighted by Crippen LogP contribution is -1.90. The Morgan fingerprint density at radius 2 is 1.87 bits per heavy atom. The minimum Gasteiger partial charge on any atom is -0.260 e. The van der Waals surface area contributed by atoms with Crippen molar-refractivity contribution in [1.82, 2.24) is 9.97 Å². The van der Waals surface area contributed by atoms with Gasteiger partial charge in [0.1, 0.15) is 0 Å². The maximum absolute atomic E-state index is 4.48. The van der Waals surface area contributed by atoms with Gasteiger partial charge in [-0.3, -0.25) is 4.98 Å². The molecule has 2 rings (SSSR count). The molecule has 0 bridgehead atoms. The number of rotatable bonds is 2. The van der Waals surface area contributed by atoms with Gasteiger partial charge in [0.15, 0.2) is 0 Å². The number of hydrogen-bond donors (Lipinski definition) is 0. The second kappa shape index (κ2) is 4.05. The predicted octanol–water partition coefficient (Wildman–Crippen LogP) is 3.18. The molecule has 74 valence electrons. The van der Waals surface area contributed by atoms with Gasteiger partial charge >= 0.3 is 0 Å². The summed E-state index contributed by atoms with van der Waals surface area (Å²) in [5.41, 5.74) is 3.74. The fraction of sp³-hybridized carbons (Fsp3) is 0.0769. The SMILES string of the molecule is C=C(C)c1cncc(-c2ccccc2)n1. The molecule has 1 aromatic carbocycles. The van der Waals surface area contributed by atoms with Gasteiger partial charge in [-0.25, -0.2) is 4.98 Å². The number of benzene rings is 1. The first-order valence-corrected chi connectivity index (χ1v) is 4.81. The lowest BCUT2D eigenvalue weighted by Gasteiger charge is -2.02. The van der Waals surface area contributed by atoms with E-state index in [1.807, 2.05) is 37.3 Å². The van der Waals surface area contributed by atoms with Crippen molar-refractivity contribution in [3.8, 4) is 11.3 Å².